The Balaban J connectivity index is 1.68. The number of pyridine rings is 1. The van der Waals surface area contributed by atoms with Crippen LogP contribution in [-0.2, 0) is 19.8 Å². The first-order valence-electron chi connectivity index (χ1n) is 10.8. The predicted molar refractivity (Wildman–Crippen MR) is 119 cm³/mol. The van der Waals surface area contributed by atoms with Gasteiger partial charge in [-0.3, -0.25) is 5.32 Å². The summed E-state index contributed by atoms with van der Waals surface area (Å²) in [6.07, 6.45) is 3.43. The van der Waals surface area contributed by atoms with E-state index in [1.807, 2.05) is 6.07 Å². The molecule has 32 heavy (non-hydrogen) atoms. The van der Waals surface area contributed by atoms with E-state index in [2.05, 4.69) is 39.8 Å². The molecule has 168 valence electrons. The van der Waals surface area contributed by atoms with Crippen molar-refractivity contribution in [2.24, 2.45) is 5.73 Å². The monoisotopic (exact) mass is 437 g/mol. The van der Waals surface area contributed by atoms with Crippen LogP contribution < -0.4 is 11.1 Å². The summed E-state index contributed by atoms with van der Waals surface area (Å²) < 4.78 is 19.2. The highest BCUT2D eigenvalue weighted by molar-refractivity contribution is 5.89. The number of methoxy groups -OCH3 is 1. The molecule has 3 aromatic rings. The van der Waals surface area contributed by atoms with E-state index < -0.39 is 11.6 Å². The highest BCUT2D eigenvalue weighted by atomic mass is 16.5. The van der Waals surface area contributed by atoms with E-state index in [1.54, 1.807) is 13.4 Å². The minimum absolute atomic E-state index is 0.269. The predicted octanol–water partition coefficient (Wildman–Crippen LogP) is 2.96. The maximum atomic E-state index is 11.4. The van der Waals surface area contributed by atoms with Crippen LogP contribution in [0.2, 0.25) is 0 Å². The molecule has 9 nitrogen and oxygen atoms in total. The van der Waals surface area contributed by atoms with Crippen LogP contribution in [0.3, 0.4) is 0 Å². The van der Waals surface area contributed by atoms with Crippen molar-refractivity contribution in [1.82, 2.24) is 14.4 Å². The summed E-state index contributed by atoms with van der Waals surface area (Å²) >= 11 is 0. The Morgan fingerprint density at radius 1 is 1.28 bits per heavy atom. The molecule has 2 saturated heterocycles. The molecule has 2 aliphatic heterocycles. The molecular weight excluding hydrogens is 410 g/mol. The molecule has 0 saturated carbocycles. The van der Waals surface area contributed by atoms with Crippen molar-refractivity contribution in [3.05, 3.63) is 47.5 Å². The number of fused-ring (bicyclic) bond motifs is 1. The van der Waals surface area contributed by atoms with E-state index >= 15 is 0 Å². The number of ether oxygens (including phenoxy) is 3. The first-order chi connectivity index (χ1) is 15.5. The fourth-order valence-corrected chi connectivity index (χ4v) is 4.66. The molecule has 1 unspecified atom stereocenters. The number of hydrogen-bond donors (Lipinski definition) is 2. The lowest BCUT2D eigenvalue weighted by Gasteiger charge is -2.26. The third-order valence-electron chi connectivity index (χ3n) is 6.38. The maximum Gasteiger partial charge on any atom is 0.317 e. The van der Waals surface area contributed by atoms with Crippen molar-refractivity contribution >= 4 is 17.4 Å². The van der Waals surface area contributed by atoms with E-state index in [4.69, 9.17) is 24.9 Å². The van der Waals surface area contributed by atoms with Crippen molar-refractivity contribution < 1.29 is 19.0 Å². The van der Waals surface area contributed by atoms with Crippen LogP contribution in [-0.4, -0.2) is 53.9 Å². The Morgan fingerprint density at radius 2 is 2.16 bits per heavy atom. The smallest absolute Gasteiger partial charge is 0.317 e. The van der Waals surface area contributed by atoms with Crippen LogP contribution in [0.1, 0.15) is 35.7 Å². The van der Waals surface area contributed by atoms with Crippen LogP contribution in [0.5, 0.6) is 0 Å². The van der Waals surface area contributed by atoms with Crippen molar-refractivity contribution in [1.29, 1.82) is 0 Å². The number of nitrogens with two attached hydrogens (primary N) is 1. The number of amides is 2. The molecule has 0 radical (unpaired) electrons. The third kappa shape index (κ3) is 3.62. The van der Waals surface area contributed by atoms with Gasteiger partial charge in [0, 0.05) is 50.0 Å². The lowest BCUT2D eigenvalue weighted by molar-refractivity contribution is -0.0245. The van der Waals surface area contributed by atoms with Gasteiger partial charge in [0.15, 0.2) is 0 Å². The summed E-state index contributed by atoms with van der Waals surface area (Å²) in [5.41, 5.74) is 10.5. The quantitative estimate of drug-likeness (QED) is 0.635. The van der Waals surface area contributed by atoms with Gasteiger partial charge >= 0.3 is 6.03 Å². The number of hydrogen-bond acceptors (Lipinski definition) is 6. The zero-order valence-corrected chi connectivity index (χ0v) is 18.3. The van der Waals surface area contributed by atoms with Crippen molar-refractivity contribution in [3.63, 3.8) is 0 Å². The summed E-state index contributed by atoms with van der Waals surface area (Å²) in [6, 6.07) is 7.45. The van der Waals surface area contributed by atoms with Gasteiger partial charge in [0.2, 0.25) is 0 Å². The lowest BCUT2D eigenvalue weighted by atomic mass is 9.95. The second-order valence-corrected chi connectivity index (χ2v) is 8.48. The largest absolute Gasteiger partial charge is 0.381 e. The number of nitrogens with one attached hydrogen (secondary N) is 1. The second kappa shape index (κ2) is 8.16. The van der Waals surface area contributed by atoms with Gasteiger partial charge in [-0.1, -0.05) is 0 Å². The highest BCUT2D eigenvalue weighted by Gasteiger charge is 2.38. The molecule has 0 aliphatic carbocycles. The number of aryl methyl sites for hydroxylation is 1. The highest BCUT2D eigenvalue weighted by Crippen LogP contribution is 2.38. The maximum absolute atomic E-state index is 11.4. The summed E-state index contributed by atoms with van der Waals surface area (Å²) in [4.78, 5) is 20.8. The zero-order chi connectivity index (χ0) is 22.3. The number of carbonyl (C=O) groups is 1. The normalized spacial score (nSPS) is 23.1. The Morgan fingerprint density at radius 3 is 2.84 bits per heavy atom. The van der Waals surface area contributed by atoms with Crippen LogP contribution in [0.15, 0.2) is 30.6 Å². The topological polar surface area (TPSA) is 113 Å². The van der Waals surface area contributed by atoms with E-state index in [1.165, 1.54) is 0 Å². The number of rotatable bonds is 5. The molecule has 2 atom stereocenters. The first-order valence-corrected chi connectivity index (χ1v) is 10.8. The molecular formula is C23H27N5O4. The average molecular weight is 438 g/mol. The van der Waals surface area contributed by atoms with Crippen LogP contribution in [0, 0.1) is 6.92 Å². The zero-order valence-electron chi connectivity index (χ0n) is 18.3. The molecule has 2 amide bonds. The van der Waals surface area contributed by atoms with Gasteiger partial charge in [-0.15, -0.1) is 0 Å². The van der Waals surface area contributed by atoms with Gasteiger partial charge < -0.3 is 24.3 Å². The Bertz CT molecular complexity index is 1160. The number of nitrogens with zero attached hydrogens (tertiary/aromatic N) is 3. The molecule has 5 rings (SSSR count). The minimum atomic E-state index is -0.654. The van der Waals surface area contributed by atoms with E-state index in [0.29, 0.717) is 25.6 Å². The number of aromatic nitrogens is 3. The number of urea groups is 1. The minimum Gasteiger partial charge on any atom is -0.381 e. The molecule has 0 spiro atoms. The summed E-state index contributed by atoms with van der Waals surface area (Å²) in [5, 5.41) is 2.57. The van der Waals surface area contributed by atoms with E-state index in [-0.39, 0.29) is 5.92 Å². The molecule has 3 N–H and O–H groups in total. The Hall–Kier alpha value is -3.01. The van der Waals surface area contributed by atoms with Crippen LogP contribution >= 0.6 is 0 Å². The van der Waals surface area contributed by atoms with E-state index in [9.17, 15) is 4.79 Å². The van der Waals surface area contributed by atoms with Crippen molar-refractivity contribution in [2.75, 3.05) is 38.9 Å². The van der Waals surface area contributed by atoms with Crippen LogP contribution in [0.25, 0.3) is 16.8 Å². The van der Waals surface area contributed by atoms with Gasteiger partial charge in [0.05, 0.1) is 30.1 Å². The Kier molecular flexibility index (Phi) is 5.32. The fourth-order valence-electron chi connectivity index (χ4n) is 4.66. The SMILES string of the molecule is CO[C@@]1(c2cc(C)cc(-c3cc(C4CCOC4)n4cnc(NC(N)=O)cc34)n2)CCOC1. The number of carbonyl (C=O) groups excluding carboxylic acids is 1. The Labute approximate surface area is 185 Å². The molecule has 9 heteroatoms. The third-order valence-corrected chi connectivity index (χ3v) is 6.38. The molecule has 3 aromatic heterocycles. The standard InChI is InChI=1S/C23H27N5O4/c1-14-7-17(26-20(8-14)23(30-2)4-6-32-12-23)16-9-18(15-3-5-31-11-15)28-13-25-21(10-19(16)28)27-22(24)29/h7-10,13,15H,3-6,11-12H2,1-2H3,(H3,24,27,29)/t15?,23-/m0/s1. The fraction of sp³-hybridized carbons (Fsp3) is 0.435. The number of primary amides is 1. The molecule has 0 bridgehead atoms. The van der Waals surface area contributed by atoms with Gasteiger partial charge in [-0.05, 0) is 37.1 Å². The molecule has 2 fully saturated rings. The number of anilines is 1. The van der Waals surface area contributed by atoms with Crippen molar-refractivity contribution in [3.8, 4) is 11.3 Å². The van der Waals surface area contributed by atoms with Crippen LogP contribution in [0.4, 0.5) is 10.6 Å². The van der Waals surface area contributed by atoms with Gasteiger partial charge in [-0.2, -0.15) is 0 Å². The molecule has 2 aliphatic rings. The van der Waals surface area contributed by atoms with E-state index in [0.717, 1.165) is 53.2 Å². The van der Waals surface area contributed by atoms with Crippen molar-refractivity contribution in [2.45, 2.75) is 31.3 Å². The average Bonchev–Trinajstić information content (AvgIpc) is 3.52. The molecule has 0 aromatic carbocycles. The summed E-state index contributed by atoms with van der Waals surface area (Å²) in [6.45, 7) is 4.60. The second-order valence-electron chi connectivity index (χ2n) is 8.48. The summed E-state index contributed by atoms with van der Waals surface area (Å²) in [5.74, 6) is 0.662. The summed E-state index contributed by atoms with van der Waals surface area (Å²) in [7, 11) is 1.71. The molecule has 5 heterocycles. The lowest BCUT2D eigenvalue weighted by Crippen LogP contribution is -2.30. The van der Waals surface area contributed by atoms with Gasteiger partial charge in [0.25, 0.3) is 0 Å². The first kappa shape index (κ1) is 20.9. The van der Waals surface area contributed by atoms with Gasteiger partial charge in [-0.25, -0.2) is 14.8 Å². The van der Waals surface area contributed by atoms with Gasteiger partial charge in [0.1, 0.15) is 17.7 Å².